The van der Waals surface area contributed by atoms with Gasteiger partial charge in [0.1, 0.15) is 5.82 Å². The Labute approximate surface area is 113 Å². The van der Waals surface area contributed by atoms with E-state index in [1.807, 2.05) is 19.2 Å². The smallest absolute Gasteiger partial charge is 0.132 e. The molecule has 0 bridgehead atoms. The van der Waals surface area contributed by atoms with Gasteiger partial charge in [-0.05, 0) is 54.8 Å². The van der Waals surface area contributed by atoms with Crippen LogP contribution in [0.4, 0.5) is 11.5 Å². The van der Waals surface area contributed by atoms with Crippen molar-refractivity contribution in [1.82, 2.24) is 4.98 Å². The molecule has 0 N–H and O–H groups in total. The lowest BCUT2D eigenvalue weighted by Gasteiger charge is -2.20. The zero-order valence-electron chi connectivity index (χ0n) is 10.9. The lowest BCUT2D eigenvalue weighted by Crippen LogP contribution is -2.11. The maximum absolute atomic E-state index is 5.85. The van der Waals surface area contributed by atoms with Crippen LogP contribution in [-0.2, 0) is 5.88 Å². The molecule has 1 heterocycles. The number of pyridine rings is 1. The Hall–Kier alpha value is -1.54. The van der Waals surface area contributed by atoms with E-state index in [-0.39, 0.29) is 0 Å². The summed E-state index contributed by atoms with van der Waals surface area (Å²) in [6.07, 6.45) is 1.80. The number of rotatable bonds is 3. The van der Waals surface area contributed by atoms with Crippen LogP contribution in [0.1, 0.15) is 16.7 Å². The summed E-state index contributed by atoms with van der Waals surface area (Å²) in [6.45, 7) is 4.21. The second kappa shape index (κ2) is 5.40. The van der Waals surface area contributed by atoms with Crippen LogP contribution in [0.5, 0.6) is 0 Å². The first-order valence-electron chi connectivity index (χ1n) is 5.93. The maximum atomic E-state index is 5.85. The first-order valence-corrected chi connectivity index (χ1v) is 6.46. The van der Waals surface area contributed by atoms with Gasteiger partial charge in [-0.2, -0.15) is 0 Å². The van der Waals surface area contributed by atoms with Crippen LogP contribution in [0.2, 0.25) is 0 Å². The minimum atomic E-state index is 0.510. The van der Waals surface area contributed by atoms with E-state index >= 15 is 0 Å². The van der Waals surface area contributed by atoms with E-state index in [4.69, 9.17) is 11.6 Å². The predicted molar refractivity (Wildman–Crippen MR) is 77.8 cm³/mol. The SMILES string of the molecule is Cc1cc(C)cc(N(C)c2cc(CCl)ccn2)c1. The van der Waals surface area contributed by atoms with E-state index in [0.717, 1.165) is 17.1 Å². The molecule has 1 aromatic heterocycles. The van der Waals surface area contributed by atoms with Crippen LogP contribution in [0.3, 0.4) is 0 Å². The highest BCUT2D eigenvalue weighted by molar-refractivity contribution is 6.17. The van der Waals surface area contributed by atoms with Gasteiger partial charge in [-0.25, -0.2) is 4.98 Å². The minimum absolute atomic E-state index is 0.510. The average molecular weight is 261 g/mol. The number of aromatic nitrogens is 1. The van der Waals surface area contributed by atoms with Gasteiger partial charge in [0.2, 0.25) is 0 Å². The quantitative estimate of drug-likeness (QED) is 0.769. The number of benzene rings is 1. The number of halogens is 1. The van der Waals surface area contributed by atoms with Crippen molar-refractivity contribution in [2.75, 3.05) is 11.9 Å². The van der Waals surface area contributed by atoms with Gasteiger partial charge in [0.15, 0.2) is 0 Å². The summed E-state index contributed by atoms with van der Waals surface area (Å²) in [6, 6.07) is 10.4. The first-order chi connectivity index (χ1) is 8.60. The monoisotopic (exact) mass is 260 g/mol. The van der Waals surface area contributed by atoms with Crippen molar-refractivity contribution < 1.29 is 0 Å². The highest BCUT2D eigenvalue weighted by atomic mass is 35.5. The molecule has 0 atom stereocenters. The first kappa shape index (κ1) is 12.9. The van der Waals surface area contributed by atoms with Crippen molar-refractivity contribution in [2.24, 2.45) is 0 Å². The molecule has 0 saturated carbocycles. The Morgan fingerprint density at radius 3 is 2.39 bits per heavy atom. The van der Waals surface area contributed by atoms with Gasteiger partial charge in [0.25, 0.3) is 0 Å². The molecule has 0 radical (unpaired) electrons. The van der Waals surface area contributed by atoms with Gasteiger partial charge in [-0.15, -0.1) is 11.6 Å². The molecule has 94 valence electrons. The molecule has 0 fully saturated rings. The summed E-state index contributed by atoms with van der Waals surface area (Å²) in [5.41, 5.74) is 4.74. The molecular weight excluding hydrogens is 244 g/mol. The van der Waals surface area contributed by atoms with Gasteiger partial charge >= 0.3 is 0 Å². The molecule has 0 spiro atoms. The highest BCUT2D eigenvalue weighted by Gasteiger charge is 2.07. The van der Waals surface area contributed by atoms with Gasteiger partial charge in [-0.3, -0.25) is 0 Å². The number of hydrogen-bond acceptors (Lipinski definition) is 2. The fourth-order valence-electron chi connectivity index (χ4n) is 2.00. The maximum Gasteiger partial charge on any atom is 0.132 e. The fraction of sp³-hybridized carbons (Fsp3) is 0.267. The topological polar surface area (TPSA) is 16.1 Å². The van der Waals surface area contributed by atoms with Crippen molar-refractivity contribution in [2.45, 2.75) is 19.7 Å². The van der Waals surface area contributed by atoms with Crippen molar-refractivity contribution in [3.8, 4) is 0 Å². The molecular formula is C15H17ClN2. The summed E-state index contributed by atoms with van der Waals surface area (Å²) in [4.78, 5) is 6.47. The Bertz CT molecular complexity index is 532. The zero-order valence-corrected chi connectivity index (χ0v) is 11.7. The predicted octanol–water partition coefficient (Wildman–Crippen LogP) is 4.21. The molecule has 0 amide bonds. The second-order valence-electron chi connectivity index (χ2n) is 4.56. The molecule has 3 heteroatoms. The summed E-state index contributed by atoms with van der Waals surface area (Å²) in [5.74, 6) is 1.43. The van der Waals surface area contributed by atoms with E-state index in [9.17, 15) is 0 Å². The largest absolute Gasteiger partial charge is 0.329 e. The van der Waals surface area contributed by atoms with Crippen molar-refractivity contribution in [1.29, 1.82) is 0 Å². The summed E-state index contributed by atoms with van der Waals surface area (Å²) >= 11 is 5.85. The molecule has 0 aliphatic carbocycles. The summed E-state index contributed by atoms with van der Waals surface area (Å²) in [5, 5.41) is 0. The van der Waals surface area contributed by atoms with Gasteiger partial charge in [-0.1, -0.05) is 6.07 Å². The molecule has 1 aromatic carbocycles. The number of anilines is 2. The van der Waals surface area contributed by atoms with Crippen LogP contribution in [0.15, 0.2) is 36.5 Å². The molecule has 0 aliphatic rings. The van der Waals surface area contributed by atoms with E-state index in [0.29, 0.717) is 5.88 Å². The minimum Gasteiger partial charge on any atom is -0.329 e. The van der Waals surface area contributed by atoms with Crippen LogP contribution in [-0.4, -0.2) is 12.0 Å². The lowest BCUT2D eigenvalue weighted by molar-refractivity contribution is 1.11. The van der Waals surface area contributed by atoms with Gasteiger partial charge in [0, 0.05) is 24.8 Å². The van der Waals surface area contributed by atoms with Crippen molar-refractivity contribution >= 4 is 23.1 Å². The lowest BCUT2D eigenvalue weighted by atomic mass is 10.1. The van der Waals surface area contributed by atoms with Crippen LogP contribution >= 0.6 is 11.6 Å². The van der Waals surface area contributed by atoms with E-state index in [1.165, 1.54) is 11.1 Å². The third-order valence-electron chi connectivity index (χ3n) is 2.90. The molecule has 18 heavy (non-hydrogen) atoms. The van der Waals surface area contributed by atoms with E-state index in [2.05, 4.69) is 41.9 Å². The Morgan fingerprint density at radius 2 is 1.78 bits per heavy atom. The van der Waals surface area contributed by atoms with Crippen LogP contribution in [0, 0.1) is 13.8 Å². The molecule has 2 rings (SSSR count). The summed E-state index contributed by atoms with van der Waals surface area (Å²) in [7, 11) is 2.02. The van der Waals surface area contributed by atoms with Gasteiger partial charge in [0.05, 0.1) is 0 Å². The van der Waals surface area contributed by atoms with E-state index < -0.39 is 0 Å². The normalized spacial score (nSPS) is 10.4. The number of alkyl halides is 1. The number of hydrogen-bond donors (Lipinski definition) is 0. The zero-order chi connectivity index (χ0) is 13.1. The van der Waals surface area contributed by atoms with Crippen molar-refractivity contribution in [3.05, 3.63) is 53.2 Å². The van der Waals surface area contributed by atoms with Crippen LogP contribution < -0.4 is 4.90 Å². The average Bonchev–Trinajstić information content (AvgIpc) is 2.37. The Balaban J connectivity index is 2.37. The van der Waals surface area contributed by atoms with E-state index in [1.54, 1.807) is 6.20 Å². The Morgan fingerprint density at radius 1 is 1.11 bits per heavy atom. The summed E-state index contributed by atoms with van der Waals surface area (Å²) < 4.78 is 0. The molecule has 2 aromatic rings. The second-order valence-corrected chi connectivity index (χ2v) is 4.83. The Kier molecular flexibility index (Phi) is 3.87. The standard InChI is InChI=1S/C15H17ClN2/c1-11-6-12(2)8-14(7-11)18(3)15-9-13(10-16)4-5-17-15/h4-9H,10H2,1-3H3. The van der Waals surface area contributed by atoms with Gasteiger partial charge < -0.3 is 4.90 Å². The van der Waals surface area contributed by atoms with Crippen molar-refractivity contribution in [3.63, 3.8) is 0 Å². The molecule has 0 unspecified atom stereocenters. The number of aryl methyl sites for hydroxylation is 2. The number of nitrogens with zero attached hydrogens (tertiary/aromatic N) is 2. The third kappa shape index (κ3) is 2.82. The third-order valence-corrected chi connectivity index (χ3v) is 3.21. The molecule has 2 nitrogen and oxygen atoms in total. The molecule has 0 aliphatic heterocycles. The highest BCUT2D eigenvalue weighted by Crippen LogP contribution is 2.24. The molecule has 0 saturated heterocycles. The van der Waals surface area contributed by atoms with Crippen LogP contribution in [0.25, 0.3) is 0 Å². The fourth-order valence-corrected chi connectivity index (χ4v) is 2.17.